The topological polar surface area (TPSA) is 71.7 Å². The minimum absolute atomic E-state index is 0.102. The molecule has 0 aliphatic heterocycles. The normalized spacial score (nSPS) is 14.8. The number of aryl methyl sites for hydroxylation is 1. The molecular formula is C29H35NO4. The van der Waals surface area contributed by atoms with Gasteiger partial charge in [-0.05, 0) is 48.4 Å². The van der Waals surface area contributed by atoms with Gasteiger partial charge in [-0.3, -0.25) is 0 Å². The first-order valence-electron chi connectivity index (χ1n) is 12.4. The highest BCUT2D eigenvalue weighted by Gasteiger charge is 2.29. The number of nitrogens with one attached hydrogen (secondary N) is 1. The molecule has 0 spiro atoms. The first kappa shape index (κ1) is 24.1. The Morgan fingerprint density at radius 1 is 1.00 bits per heavy atom. The lowest BCUT2D eigenvalue weighted by Gasteiger charge is -2.24. The molecule has 5 heteroatoms. The average molecular weight is 462 g/mol. The van der Waals surface area contributed by atoms with E-state index in [4.69, 9.17) is 9.15 Å². The van der Waals surface area contributed by atoms with Crippen molar-refractivity contribution in [2.45, 2.75) is 64.9 Å². The largest absolute Gasteiger partial charge is 0.507 e. The monoisotopic (exact) mass is 461 g/mol. The molecule has 2 aromatic carbocycles. The Morgan fingerprint density at radius 2 is 1.76 bits per heavy atom. The summed E-state index contributed by atoms with van der Waals surface area (Å²) in [6.07, 6.45) is 5.73. The molecule has 0 saturated carbocycles. The van der Waals surface area contributed by atoms with Gasteiger partial charge in [0.15, 0.2) is 0 Å². The van der Waals surface area contributed by atoms with Crippen LogP contribution in [-0.4, -0.2) is 11.8 Å². The quantitative estimate of drug-likeness (QED) is 0.301. The molecule has 4 rings (SSSR count). The number of fused-ring (bicyclic) bond motifs is 1. The van der Waals surface area contributed by atoms with E-state index in [2.05, 4.69) is 19.2 Å². The van der Waals surface area contributed by atoms with Crippen LogP contribution >= 0.6 is 0 Å². The van der Waals surface area contributed by atoms with Crippen LogP contribution in [0.4, 0.5) is 5.69 Å². The summed E-state index contributed by atoms with van der Waals surface area (Å²) in [5, 5.41) is 14.6. The van der Waals surface area contributed by atoms with Crippen LogP contribution in [0.3, 0.4) is 0 Å². The van der Waals surface area contributed by atoms with Crippen LogP contribution in [-0.2, 0) is 24.2 Å². The molecular weight excluding hydrogens is 426 g/mol. The third-order valence-corrected chi connectivity index (χ3v) is 6.61. The van der Waals surface area contributed by atoms with Gasteiger partial charge in [0.1, 0.15) is 18.2 Å². The van der Waals surface area contributed by atoms with E-state index in [1.54, 1.807) is 0 Å². The minimum atomic E-state index is -0.417. The minimum Gasteiger partial charge on any atom is -0.507 e. The third-order valence-electron chi connectivity index (χ3n) is 6.61. The van der Waals surface area contributed by atoms with Crippen molar-refractivity contribution in [3.63, 3.8) is 0 Å². The summed E-state index contributed by atoms with van der Waals surface area (Å²) in [5.41, 5.74) is 3.79. The fraction of sp³-hybridized carbons (Fsp3) is 0.414. The number of benzene rings is 2. The van der Waals surface area contributed by atoms with Gasteiger partial charge in [0, 0.05) is 23.6 Å². The summed E-state index contributed by atoms with van der Waals surface area (Å²) in [7, 11) is 0. The first-order valence-corrected chi connectivity index (χ1v) is 12.4. The van der Waals surface area contributed by atoms with E-state index >= 15 is 0 Å². The van der Waals surface area contributed by atoms with Crippen molar-refractivity contribution in [3.05, 3.63) is 93.0 Å². The highest BCUT2D eigenvalue weighted by molar-refractivity contribution is 5.51. The van der Waals surface area contributed by atoms with Crippen LogP contribution in [0.15, 0.2) is 63.8 Å². The van der Waals surface area contributed by atoms with Crippen LogP contribution < -0.4 is 10.9 Å². The Bertz CT molecular complexity index is 1140. The summed E-state index contributed by atoms with van der Waals surface area (Å²) < 4.78 is 11.6. The van der Waals surface area contributed by atoms with E-state index < -0.39 is 5.63 Å². The summed E-state index contributed by atoms with van der Waals surface area (Å²) in [6, 6.07) is 18.1. The highest BCUT2D eigenvalue weighted by atomic mass is 16.5. The van der Waals surface area contributed by atoms with Crippen molar-refractivity contribution in [3.8, 4) is 5.75 Å². The second-order valence-corrected chi connectivity index (χ2v) is 9.47. The van der Waals surface area contributed by atoms with Gasteiger partial charge in [0.2, 0.25) is 0 Å². The maximum atomic E-state index is 13.1. The molecule has 1 aliphatic rings. The molecule has 3 aromatic rings. The number of anilines is 1. The summed E-state index contributed by atoms with van der Waals surface area (Å²) in [6.45, 7) is 5.05. The van der Waals surface area contributed by atoms with Crippen LogP contribution in [0.25, 0.3) is 0 Å². The average Bonchev–Trinajstić information content (AvgIpc) is 2.81. The molecule has 5 nitrogen and oxygen atoms in total. The Kier molecular flexibility index (Phi) is 8.07. The number of rotatable bonds is 8. The number of hydrogen-bond donors (Lipinski definition) is 2. The molecule has 1 aromatic heterocycles. The first-order chi connectivity index (χ1) is 16.5. The van der Waals surface area contributed by atoms with Crippen LogP contribution in [0.5, 0.6) is 5.75 Å². The Labute approximate surface area is 201 Å². The predicted octanol–water partition coefficient (Wildman–Crippen LogP) is 6.38. The molecule has 0 bridgehead atoms. The molecule has 1 aliphatic carbocycles. The lowest BCUT2D eigenvalue weighted by molar-refractivity contribution is 0.138. The molecule has 180 valence electrons. The zero-order chi connectivity index (χ0) is 23.9. The number of hydrogen-bond acceptors (Lipinski definition) is 5. The van der Waals surface area contributed by atoms with Crippen LogP contribution in [0.2, 0.25) is 0 Å². The summed E-state index contributed by atoms with van der Waals surface area (Å²) in [4.78, 5) is 13.1. The predicted molar refractivity (Wildman–Crippen MR) is 135 cm³/mol. The SMILES string of the molecule is CC(C)C(c1cccc(NCOCc2ccccc2)c1)c1c(O)c2c(oc1=O)CCCCCC2. The van der Waals surface area contributed by atoms with Crippen LogP contribution in [0.1, 0.15) is 73.5 Å². The van der Waals surface area contributed by atoms with Gasteiger partial charge >= 0.3 is 5.63 Å². The lowest BCUT2D eigenvalue weighted by Crippen LogP contribution is -2.21. The molecule has 0 amide bonds. The number of aromatic hydroxyl groups is 1. The van der Waals surface area contributed by atoms with Crippen molar-refractivity contribution in [2.75, 3.05) is 12.0 Å². The summed E-state index contributed by atoms with van der Waals surface area (Å²) in [5.74, 6) is 0.639. The smallest absolute Gasteiger partial charge is 0.343 e. The molecule has 0 saturated heterocycles. The zero-order valence-electron chi connectivity index (χ0n) is 20.2. The molecule has 1 heterocycles. The highest BCUT2D eigenvalue weighted by Crippen LogP contribution is 2.39. The molecule has 1 unspecified atom stereocenters. The van der Waals surface area contributed by atoms with Gasteiger partial charge in [-0.1, -0.05) is 69.2 Å². The molecule has 0 fully saturated rings. The molecule has 2 N–H and O–H groups in total. The maximum Gasteiger partial charge on any atom is 0.343 e. The Hall–Kier alpha value is -3.05. The molecule has 34 heavy (non-hydrogen) atoms. The standard InChI is InChI=1S/C29H35NO4/c1-20(2)26(27-28(31)24-15-8-3-4-9-16-25(24)34-29(27)32)22-13-10-14-23(17-22)30-19-33-18-21-11-6-5-7-12-21/h5-7,10-14,17,20,26,30-31H,3-4,8-9,15-16,18-19H2,1-2H3. The van der Waals surface area contributed by atoms with Gasteiger partial charge in [0.05, 0.1) is 12.2 Å². The van der Waals surface area contributed by atoms with Crippen molar-refractivity contribution < 1.29 is 14.3 Å². The Balaban J connectivity index is 1.56. The van der Waals surface area contributed by atoms with E-state index in [0.29, 0.717) is 31.1 Å². The third kappa shape index (κ3) is 5.71. The fourth-order valence-electron chi connectivity index (χ4n) is 4.90. The van der Waals surface area contributed by atoms with Crippen molar-refractivity contribution >= 4 is 5.69 Å². The van der Waals surface area contributed by atoms with Gasteiger partial charge in [-0.25, -0.2) is 4.79 Å². The zero-order valence-corrected chi connectivity index (χ0v) is 20.2. The van der Waals surface area contributed by atoms with Crippen molar-refractivity contribution in [1.29, 1.82) is 0 Å². The number of ether oxygens (including phenoxy) is 1. The van der Waals surface area contributed by atoms with Gasteiger partial charge < -0.3 is 19.6 Å². The van der Waals surface area contributed by atoms with Crippen LogP contribution in [0, 0.1) is 5.92 Å². The van der Waals surface area contributed by atoms with Crippen molar-refractivity contribution in [1.82, 2.24) is 0 Å². The van der Waals surface area contributed by atoms with E-state index in [1.165, 1.54) is 0 Å². The van der Waals surface area contributed by atoms with E-state index in [-0.39, 0.29) is 17.6 Å². The van der Waals surface area contributed by atoms with Gasteiger partial charge in [-0.15, -0.1) is 0 Å². The van der Waals surface area contributed by atoms with Gasteiger partial charge in [-0.2, -0.15) is 0 Å². The summed E-state index contributed by atoms with van der Waals surface area (Å²) >= 11 is 0. The molecule has 1 atom stereocenters. The van der Waals surface area contributed by atoms with E-state index in [0.717, 1.165) is 54.5 Å². The second kappa shape index (κ2) is 11.4. The fourth-order valence-corrected chi connectivity index (χ4v) is 4.90. The Morgan fingerprint density at radius 3 is 2.53 bits per heavy atom. The van der Waals surface area contributed by atoms with Gasteiger partial charge in [0.25, 0.3) is 0 Å². The van der Waals surface area contributed by atoms with Crippen molar-refractivity contribution in [2.24, 2.45) is 5.92 Å². The second-order valence-electron chi connectivity index (χ2n) is 9.47. The lowest BCUT2D eigenvalue weighted by atomic mass is 9.81. The van der Waals surface area contributed by atoms with E-state index in [9.17, 15) is 9.90 Å². The maximum absolute atomic E-state index is 13.1. The van der Waals surface area contributed by atoms with E-state index in [1.807, 2.05) is 54.6 Å². The molecule has 0 radical (unpaired) electrons.